The van der Waals surface area contributed by atoms with Crippen LogP contribution in [0.1, 0.15) is 57.7 Å². The molecule has 2 atom stereocenters. The Hall–Kier alpha value is -1.88. The summed E-state index contributed by atoms with van der Waals surface area (Å²) in [5.74, 6) is -0.108. The number of rotatable bonds is 8. The molecule has 128 valence electrons. The Labute approximate surface area is 139 Å². The summed E-state index contributed by atoms with van der Waals surface area (Å²) in [7, 11) is 0. The van der Waals surface area contributed by atoms with Gasteiger partial charge < -0.3 is 5.73 Å². The number of carbonyl (C=O) groups is 2. The Balaban J connectivity index is 2.78. The molecule has 0 fully saturated rings. The predicted octanol–water partition coefficient (Wildman–Crippen LogP) is 2.90. The van der Waals surface area contributed by atoms with E-state index < -0.39 is 18.0 Å². The highest BCUT2D eigenvalue weighted by atomic mass is 16.2. The Morgan fingerprint density at radius 3 is 2.22 bits per heavy atom. The van der Waals surface area contributed by atoms with Gasteiger partial charge in [0.25, 0.3) is 0 Å². The Kier molecular flexibility index (Phi) is 7.75. The second-order valence-corrected chi connectivity index (χ2v) is 6.31. The summed E-state index contributed by atoms with van der Waals surface area (Å²) in [6.07, 6.45) is 3.47. The molecule has 1 aromatic carbocycles. The third kappa shape index (κ3) is 6.40. The molecule has 5 heteroatoms. The molecule has 0 radical (unpaired) electrons. The minimum absolute atomic E-state index is 0.0313. The number of urea groups is 1. The van der Waals surface area contributed by atoms with E-state index in [0.717, 1.165) is 12.0 Å². The van der Waals surface area contributed by atoms with Crippen LogP contribution in [0.4, 0.5) is 4.79 Å². The van der Waals surface area contributed by atoms with Gasteiger partial charge in [0.1, 0.15) is 0 Å². The average molecular weight is 319 g/mol. The number of unbranched alkanes of at least 4 members (excludes halogenated alkanes) is 1. The van der Waals surface area contributed by atoms with Gasteiger partial charge in [-0.25, -0.2) is 4.79 Å². The number of amides is 3. The zero-order valence-corrected chi connectivity index (χ0v) is 14.6. The van der Waals surface area contributed by atoms with Gasteiger partial charge in [-0.3, -0.25) is 15.4 Å². The lowest BCUT2D eigenvalue weighted by molar-refractivity contribution is -0.121. The maximum absolute atomic E-state index is 11.8. The Morgan fingerprint density at radius 1 is 1.13 bits per heavy atom. The summed E-state index contributed by atoms with van der Waals surface area (Å²) >= 11 is 0. The van der Waals surface area contributed by atoms with Crippen LogP contribution in [-0.2, 0) is 11.2 Å². The monoisotopic (exact) mass is 319 g/mol. The summed E-state index contributed by atoms with van der Waals surface area (Å²) in [6, 6.07) is 7.22. The van der Waals surface area contributed by atoms with Crippen LogP contribution in [0.5, 0.6) is 0 Å². The fraction of sp³-hybridized carbons (Fsp3) is 0.556. The molecule has 0 saturated carbocycles. The Morgan fingerprint density at radius 2 is 1.74 bits per heavy atom. The van der Waals surface area contributed by atoms with Gasteiger partial charge >= 0.3 is 6.03 Å². The largest absolute Gasteiger partial charge is 0.351 e. The molecule has 0 saturated heterocycles. The first-order valence-electron chi connectivity index (χ1n) is 8.30. The Bertz CT molecular complexity index is 512. The first kappa shape index (κ1) is 19.2. The lowest BCUT2D eigenvalue weighted by Gasteiger charge is -2.26. The van der Waals surface area contributed by atoms with Crippen molar-refractivity contribution in [3.05, 3.63) is 35.4 Å². The molecule has 0 unspecified atom stereocenters. The van der Waals surface area contributed by atoms with E-state index in [1.807, 2.05) is 0 Å². The van der Waals surface area contributed by atoms with E-state index in [-0.39, 0.29) is 6.04 Å². The van der Waals surface area contributed by atoms with Crippen LogP contribution in [0, 0.1) is 5.92 Å². The van der Waals surface area contributed by atoms with Crippen LogP contribution in [-0.4, -0.2) is 18.0 Å². The molecule has 0 spiro atoms. The van der Waals surface area contributed by atoms with Crippen molar-refractivity contribution in [2.24, 2.45) is 11.7 Å². The summed E-state index contributed by atoms with van der Waals surface area (Å²) in [4.78, 5) is 22.6. The highest BCUT2D eigenvalue weighted by Crippen LogP contribution is 2.23. The summed E-state index contributed by atoms with van der Waals surface area (Å²) in [6.45, 7) is 8.11. The second-order valence-electron chi connectivity index (χ2n) is 6.31. The number of hydrogen-bond acceptors (Lipinski definition) is 3. The van der Waals surface area contributed by atoms with E-state index in [0.29, 0.717) is 5.92 Å². The van der Waals surface area contributed by atoms with Crippen LogP contribution in [0.15, 0.2) is 24.3 Å². The van der Waals surface area contributed by atoms with E-state index in [2.05, 4.69) is 55.7 Å². The summed E-state index contributed by atoms with van der Waals surface area (Å²) in [5.41, 5.74) is 7.46. The highest BCUT2D eigenvalue weighted by Gasteiger charge is 2.22. The number of aryl methyl sites for hydroxylation is 1. The number of nitrogens with one attached hydrogen (secondary N) is 2. The SMILES string of the molecule is CCCCc1ccc([C@H](N[C@@H](C)C(=O)NC(N)=O)C(C)C)cc1. The summed E-state index contributed by atoms with van der Waals surface area (Å²) in [5, 5.41) is 5.39. The first-order valence-corrected chi connectivity index (χ1v) is 8.30. The maximum atomic E-state index is 11.8. The molecule has 0 aromatic heterocycles. The molecule has 23 heavy (non-hydrogen) atoms. The van der Waals surface area contributed by atoms with Crippen molar-refractivity contribution in [3.63, 3.8) is 0 Å². The fourth-order valence-corrected chi connectivity index (χ4v) is 2.52. The zero-order chi connectivity index (χ0) is 17.4. The van der Waals surface area contributed by atoms with Crippen LogP contribution in [0.2, 0.25) is 0 Å². The standard InChI is InChI=1S/C18H29N3O2/c1-5-6-7-14-8-10-15(11-9-14)16(12(2)3)20-13(4)17(22)21-18(19)23/h8-13,16,20H,5-7H2,1-4H3,(H3,19,21,22,23)/t13-,16+/m0/s1. The minimum Gasteiger partial charge on any atom is -0.351 e. The number of benzene rings is 1. The molecular weight excluding hydrogens is 290 g/mol. The average Bonchev–Trinajstić information content (AvgIpc) is 2.50. The third-order valence-corrected chi connectivity index (χ3v) is 3.89. The van der Waals surface area contributed by atoms with Gasteiger partial charge in [-0.1, -0.05) is 51.5 Å². The van der Waals surface area contributed by atoms with E-state index in [1.54, 1.807) is 6.92 Å². The van der Waals surface area contributed by atoms with Gasteiger partial charge in [-0.15, -0.1) is 0 Å². The van der Waals surface area contributed by atoms with Crippen molar-refractivity contribution in [1.29, 1.82) is 0 Å². The minimum atomic E-state index is -0.829. The van der Waals surface area contributed by atoms with Crippen LogP contribution >= 0.6 is 0 Å². The molecule has 0 aliphatic heterocycles. The molecule has 0 heterocycles. The van der Waals surface area contributed by atoms with Gasteiger partial charge in [-0.05, 0) is 36.8 Å². The van der Waals surface area contributed by atoms with Gasteiger partial charge in [0, 0.05) is 6.04 Å². The molecule has 5 nitrogen and oxygen atoms in total. The molecule has 1 rings (SSSR count). The van der Waals surface area contributed by atoms with Crippen LogP contribution in [0.3, 0.4) is 0 Å². The number of carbonyl (C=O) groups excluding carboxylic acids is 2. The summed E-state index contributed by atoms with van der Waals surface area (Å²) < 4.78 is 0. The van der Waals surface area contributed by atoms with Gasteiger partial charge in [0.15, 0.2) is 0 Å². The van der Waals surface area contributed by atoms with Gasteiger partial charge in [-0.2, -0.15) is 0 Å². The number of primary amides is 1. The van der Waals surface area contributed by atoms with E-state index in [9.17, 15) is 9.59 Å². The molecule has 0 aliphatic rings. The van der Waals surface area contributed by atoms with Crippen molar-refractivity contribution in [3.8, 4) is 0 Å². The lowest BCUT2D eigenvalue weighted by Crippen LogP contribution is -2.48. The number of imide groups is 1. The quantitative estimate of drug-likeness (QED) is 0.689. The molecule has 1 aromatic rings. The van der Waals surface area contributed by atoms with Crippen molar-refractivity contribution in [2.45, 2.75) is 59.0 Å². The highest BCUT2D eigenvalue weighted by molar-refractivity contribution is 5.96. The number of nitrogens with two attached hydrogens (primary N) is 1. The molecule has 4 N–H and O–H groups in total. The van der Waals surface area contributed by atoms with E-state index in [4.69, 9.17) is 5.73 Å². The predicted molar refractivity (Wildman–Crippen MR) is 93.0 cm³/mol. The lowest BCUT2D eigenvalue weighted by atomic mass is 9.94. The van der Waals surface area contributed by atoms with Crippen molar-refractivity contribution < 1.29 is 9.59 Å². The topological polar surface area (TPSA) is 84.2 Å². The zero-order valence-electron chi connectivity index (χ0n) is 14.6. The maximum Gasteiger partial charge on any atom is 0.318 e. The second kappa shape index (κ2) is 9.30. The molecule has 0 bridgehead atoms. The number of hydrogen-bond donors (Lipinski definition) is 3. The van der Waals surface area contributed by atoms with E-state index >= 15 is 0 Å². The first-order chi connectivity index (χ1) is 10.8. The van der Waals surface area contributed by atoms with E-state index in [1.165, 1.54) is 18.4 Å². The van der Waals surface area contributed by atoms with Crippen LogP contribution in [0.25, 0.3) is 0 Å². The van der Waals surface area contributed by atoms with Crippen molar-refractivity contribution >= 4 is 11.9 Å². The fourth-order valence-electron chi connectivity index (χ4n) is 2.52. The third-order valence-electron chi connectivity index (χ3n) is 3.89. The van der Waals surface area contributed by atoms with Crippen LogP contribution < -0.4 is 16.4 Å². The molecular formula is C18H29N3O2. The van der Waals surface area contributed by atoms with Gasteiger partial charge in [0.05, 0.1) is 6.04 Å². The molecule has 3 amide bonds. The smallest absolute Gasteiger partial charge is 0.318 e. The van der Waals surface area contributed by atoms with Gasteiger partial charge in [0.2, 0.25) is 5.91 Å². The van der Waals surface area contributed by atoms with Crippen molar-refractivity contribution in [1.82, 2.24) is 10.6 Å². The molecule has 0 aliphatic carbocycles. The van der Waals surface area contributed by atoms with Crippen molar-refractivity contribution in [2.75, 3.05) is 0 Å². The normalized spacial score (nSPS) is 13.6.